The van der Waals surface area contributed by atoms with Crippen LogP contribution in [0.15, 0.2) is 41.3 Å². The van der Waals surface area contributed by atoms with Crippen molar-refractivity contribution in [3.63, 3.8) is 0 Å². The van der Waals surface area contributed by atoms with Crippen molar-refractivity contribution in [2.45, 2.75) is 33.6 Å². The smallest absolute Gasteiger partial charge is 0.250 e. The largest absolute Gasteiger partial charge is 0.366 e. The van der Waals surface area contributed by atoms with Gasteiger partial charge in [-0.3, -0.25) is 14.4 Å². The summed E-state index contributed by atoms with van der Waals surface area (Å²) in [6.07, 6.45) is 2.85. The number of rotatable bonds is 4. The molecule has 8 heteroatoms. The van der Waals surface area contributed by atoms with E-state index in [0.29, 0.717) is 40.3 Å². The van der Waals surface area contributed by atoms with Crippen LogP contribution in [0.2, 0.25) is 0 Å². The third-order valence-electron chi connectivity index (χ3n) is 5.60. The third-order valence-corrected chi connectivity index (χ3v) is 5.60. The van der Waals surface area contributed by atoms with Crippen LogP contribution in [-0.2, 0) is 13.5 Å². The molecule has 0 radical (unpaired) electrons. The topological polar surface area (TPSA) is 112 Å². The molecule has 1 aliphatic carbocycles. The van der Waals surface area contributed by atoms with Crippen molar-refractivity contribution in [3.05, 3.63) is 69.4 Å². The number of aromatic nitrogens is 3. The molecule has 160 valence electrons. The molecule has 1 amide bonds. The summed E-state index contributed by atoms with van der Waals surface area (Å²) >= 11 is 0. The van der Waals surface area contributed by atoms with Crippen molar-refractivity contribution in [1.29, 1.82) is 0 Å². The number of primary amides is 1. The molecule has 0 bridgehead atoms. The summed E-state index contributed by atoms with van der Waals surface area (Å²) in [4.78, 5) is 36.4. The number of nitrogens with two attached hydrogens (primary N) is 1. The molecule has 1 aromatic carbocycles. The van der Waals surface area contributed by atoms with Gasteiger partial charge in [-0.15, -0.1) is 0 Å². The number of hydrogen-bond donors (Lipinski definition) is 2. The van der Waals surface area contributed by atoms with Gasteiger partial charge in [-0.1, -0.05) is 13.8 Å². The molecule has 4 rings (SSSR count). The zero-order chi connectivity index (χ0) is 22.5. The number of Topliss-reactive ketones (excluding diaryl/α,β-unsaturated/α-hetero) is 1. The molecule has 8 nitrogen and oxygen atoms in total. The number of hydrogen-bond acceptors (Lipinski definition) is 5. The highest BCUT2D eigenvalue weighted by atomic mass is 16.1. The Kier molecular flexibility index (Phi) is 4.80. The molecular formula is C23H25N5O3. The van der Waals surface area contributed by atoms with Crippen LogP contribution in [0.1, 0.15) is 52.4 Å². The van der Waals surface area contributed by atoms with Gasteiger partial charge in [0.05, 0.1) is 39.6 Å². The second-order valence-electron chi connectivity index (χ2n) is 8.85. The average Bonchev–Trinajstić information content (AvgIpc) is 2.99. The first-order valence-electron chi connectivity index (χ1n) is 10.1. The first kappa shape index (κ1) is 20.6. The van der Waals surface area contributed by atoms with E-state index in [2.05, 4.69) is 24.3 Å². The summed E-state index contributed by atoms with van der Waals surface area (Å²) in [5, 5.41) is 7.81. The van der Waals surface area contributed by atoms with Crippen molar-refractivity contribution < 1.29 is 9.59 Å². The molecule has 1 aliphatic rings. The molecule has 0 unspecified atom stereocenters. The highest BCUT2D eigenvalue weighted by Gasteiger charge is 2.35. The van der Waals surface area contributed by atoms with Crippen LogP contribution in [0.4, 0.5) is 11.4 Å². The number of carbonyl (C=O) groups is 2. The predicted molar refractivity (Wildman–Crippen MR) is 118 cm³/mol. The molecule has 3 N–H and O–H groups in total. The van der Waals surface area contributed by atoms with E-state index in [1.165, 1.54) is 10.6 Å². The second-order valence-corrected chi connectivity index (χ2v) is 8.85. The number of anilines is 2. The number of fused-ring (bicyclic) bond motifs is 1. The van der Waals surface area contributed by atoms with Crippen molar-refractivity contribution in [1.82, 2.24) is 14.3 Å². The van der Waals surface area contributed by atoms with E-state index >= 15 is 0 Å². The Balaban J connectivity index is 1.83. The summed E-state index contributed by atoms with van der Waals surface area (Å²) < 4.78 is 3.22. The van der Waals surface area contributed by atoms with E-state index in [0.717, 1.165) is 12.1 Å². The van der Waals surface area contributed by atoms with Crippen molar-refractivity contribution in [2.75, 3.05) is 5.32 Å². The van der Waals surface area contributed by atoms with Gasteiger partial charge in [0.2, 0.25) is 5.56 Å². The minimum Gasteiger partial charge on any atom is -0.366 e. The van der Waals surface area contributed by atoms with Gasteiger partial charge in [0.15, 0.2) is 5.78 Å². The normalized spacial score (nSPS) is 14.9. The van der Waals surface area contributed by atoms with E-state index in [4.69, 9.17) is 5.73 Å². The van der Waals surface area contributed by atoms with Crippen LogP contribution >= 0.6 is 0 Å². The van der Waals surface area contributed by atoms with E-state index in [-0.39, 0.29) is 16.8 Å². The highest BCUT2D eigenvalue weighted by molar-refractivity contribution is 6.01. The molecule has 0 aliphatic heterocycles. The number of aryl methyl sites for hydroxylation is 2. The molecule has 2 aromatic heterocycles. The van der Waals surface area contributed by atoms with Gasteiger partial charge in [0.25, 0.3) is 5.91 Å². The van der Waals surface area contributed by atoms with Crippen LogP contribution in [0, 0.1) is 12.3 Å². The van der Waals surface area contributed by atoms with Crippen LogP contribution in [0.25, 0.3) is 5.69 Å². The molecule has 0 saturated heterocycles. The Morgan fingerprint density at radius 3 is 2.58 bits per heavy atom. The molecule has 0 saturated carbocycles. The lowest BCUT2D eigenvalue weighted by Crippen LogP contribution is -2.28. The zero-order valence-electron chi connectivity index (χ0n) is 18.0. The Bertz CT molecular complexity index is 1280. The number of pyridine rings is 1. The highest BCUT2D eigenvalue weighted by Crippen LogP contribution is 2.37. The Labute approximate surface area is 179 Å². The molecular weight excluding hydrogens is 394 g/mol. The SMILES string of the molecule is Cc1nn(-c2ccc(C(N)=O)c(Nc3ccc(=O)n(C)c3)c2)c2c1C(=O)CC(C)(C)C2. The maximum absolute atomic E-state index is 12.7. The van der Waals surface area contributed by atoms with E-state index in [9.17, 15) is 14.4 Å². The Morgan fingerprint density at radius 1 is 1.16 bits per heavy atom. The molecule has 0 spiro atoms. The maximum atomic E-state index is 12.7. The summed E-state index contributed by atoms with van der Waals surface area (Å²) in [6.45, 7) is 5.99. The van der Waals surface area contributed by atoms with E-state index < -0.39 is 5.91 Å². The molecule has 3 aromatic rings. The van der Waals surface area contributed by atoms with Gasteiger partial charge in [-0.2, -0.15) is 5.10 Å². The number of nitrogens with one attached hydrogen (secondary N) is 1. The molecule has 0 atom stereocenters. The molecule has 2 heterocycles. The van der Waals surface area contributed by atoms with Crippen LogP contribution in [0.5, 0.6) is 0 Å². The first-order chi connectivity index (χ1) is 14.6. The number of benzene rings is 1. The number of ketones is 1. The summed E-state index contributed by atoms with van der Waals surface area (Å²) in [5.41, 5.74) is 9.70. The molecule has 31 heavy (non-hydrogen) atoms. The lowest BCUT2D eigenvalue weighted by molar-refractivity contribution is 0.0909. The van der Waals surface area contributed by atoms with E-state index in [1.807, 2.05) is 6.92 Å². The van der Waals surface area contributed by atoms with Crippen LogP contribution in [-0.4, -0.2) is 26.0 Å². The monoisotopic (exact) mass is 419 g/mol. The van der Waals surface area contributed by atoms with Crippen molar-refractivity contribution >= 4 is 23.1 Å². The Hall–Kier alpha value is -3.68. The summed E-state index contributed by atoms with van der Waals surface area (Å²) in [6, 6.07) is 8.27. The van der Waals surface area contributed by atoms with Gasteiger partial charge in [0, 0.05) is 25.7 Å². The molecule has 0 fully saturated rings. The number of amides is 1. The lowest BCUT2D eigenvalue weighted by atomic mass is 9.75. The fourth-order valence-corrected chi connectivity index (χ4v) is 4.16. The van der Waals surface area contributed by atoms with E-state index in [1.54, 1.807) is 42.2 Å². The lowest BCUT2D eigenvalue weighted by Gasteiger charge is -2.29. The third kappa shape index (κ3) is 3.76. The van der Waals surface area contributed by atoms with Gasteiger partial charge in [-0.05, 0) is 43.0 Å². The first-order valence-corrected chi connectivity index (χ1v) is 10.1. The summed E-state index contributed by atoms with van der Waals surface area (Å²) in [5.74, 6) is -0.471. The predicted octanol–water partition coefficient (Wildman–Crippen LogP) is 2.88. The fourth-order valence-electron chi connectivity index (χ4n) is 4.16. The summed E-state index contributed by atoms with van der Waals surface area (Å²) in [7, 11) is 1.65. The fraction of sp³-hybridized carbons (Fsp3) is 0.304. The minimum absolute atomic E-state index is 0.104. The van der Waals surface area contributed by atoms with Gasteiger partial charge in [-0.25, -0.2) is 4.68 Å². The number of nitrogens with zero attached hydrogens (tertiary/aromatic N) is 3. The zero-order valence-corrected chi connectivity index (χ0v) is 18.0. The van der Waals surface area contributed by atoms with Crippen LogP contribution < -0.4 is 16.6 Å². The van der Waals surface area contributed by atoms with Crippen molar-refractivity contribution in [2.24, 2.45) is 18.2 Å². The van der Waals surface area contributed by atoms with Gasteiger partial charge in [0.1, 0.15) is 0 Å². The van der Waals surface area contributed by atoms with Gasteiger partial charge < -0.3 is 15.6 Å². The minimum atomic E-state index is -0.575. The standard InChI is InChI=1S/C23H25N5O3/c1-13-21-18(10-23(2,3)11-19(21)29)28(26-13)15-6-7-16(22(24)31)17(9-15)25-14-5-8-20(30)27(4)12-14/h5-9,12,25H,10-11H2,1-4H3,(H2,24,31). The van der Waals surface area contributed by atoms with Crippen LogP contribution in [0.3, 0.4) is 0 Å². The van der Waals surface area contributed by atoms with Crippen molar-refractivity contribution in [3.8, 4) is 5.69 Å². The Morgan fingerprint density at radius 2 is 1.90 bits per heavy atom. The number of carbonyl (C=O) groups excluding carboxylic acids is 2. The average molecular weight is 419 g/mol. The maximum Gasteiger partial charge on any atom is 0.250 e. The second kappa shape index (κ2) is 7.23. The quantitative estimate of drug-likeness (QED) is 0.675. The van der Waals surface area contributed by atoms with Gasteiger partial charge >= 0.3 is 0 Å².